The maximum absolute atomic E-state index is 11.9. The van der Waals surface area contributed by atoms with Gasteiger partial charge in [-0.1, -0.05) is 13.3 Å². The van der Waals surface area contributed by atoms with Crippen molar-refractivity contribution in [2.75, 3.05) is 12.8 Å². The summed E-state index contributed by atoms with van der Waals surface area (Å²) in [6.07, 6.45) is 9.66. The van der Waals surface area contributed by atoms with Crippen LogP contribution in [0.2, 0.25) is 0 Å². The van der Waals surface area contributed by atoms with Crippen molar-refractivity contribution in [2.24, 2.45) is 11.7 Å². The highest BCUT2D eigenvalue weighted by molar-refractivity contribution is 7.99. The zero-order valence-electron chi connectivity index (χ0n) is 11.8. The first-order valence-electron chi connectivity index (χ1n) is 7.18. The third-order valence-electron chi connectivity index (χ3n) is 3.85. The van der Waals surface area contributed by atoms with E-state index in [1.165, 1.54) is 12.8 Å². The molecule has 1 saturated carbocycles. The number of amides is 1. The van der Waals surface area contributed by atoms with Crippen LogP contribution in [0.5, 0.6) is 0 Å². The molecule has 3 nitrogen and oxygen atoms in total. The molecule has 1 aliphatic rings. The Bertz CT molecular complexity index is 248. The summed E-state index contributed by atoms with van der Waals surface area (Å²) in [5.74, 6) is 0.789. The molecule has 1 rings (SSSR count). The molecule has 0 aromatic carbocycles. The lowest BCUT2D eigenvalue weighted by Crippen LogP contribution is -2.39. The van der Waals surface area contributed by atoms with Gasteiger partial charge in [0, 0.05) is 17.7 Å². The third kappa shape index (κ3) is 6.10. The summed E-state index contributed by atoms with van der Waals surface area (Å²) in [6, 6.07) is 0.411. The van der Waals surface area contributed by atoms with Gasteiger partial charge < -0.3 is 11.1 Å². The fourth-order valence-electron chi connectivity index (χ4n) is 2.60. The summed E-state index contributed by atoms with van der Waals surface area (Å²) in [6.45, 7) is 2.89. The van der Waals surface area contributed by atoms with Gasteiger partial charge in [0.2, 0.25) is 5.91 Å². The molecule has 1 amide bonds. The second-order valence-corrected chi connectivity index (χ2v) is 6.65. The summed E-state index contributed by atoms with van der Waals surface area (Å²) >= 11 is 1.94. The van der Waals surface area contributed by atoms with E-state index in [1.807, 2.05) is 11.8 Å². The van der Waals surface area contributed by atoms with Crippen LogP contribution in [0.25, 0.3) is 0 Å². The van der Waals surface area contributed by atoms with Crippen molar-refractivity contribution in [3.05, 3.63) is 0 Å². The van der Waals surface area contributed by atoms with Crippen LogP contribution in [0, 0.1) is 5.92 Å². The molecule has 0 aromatic heterocycles. The van der Waals surface area contributed by atoms with E-state index in [1.54, 1.807) is 0 Å². The first-order chi connectivity index (χ1) is 8.65. The summed E-state index contributed by atoms with van der Waals surface area (Å²) in [7, 11) is 0. The summed E-state index contributed by atoms with van der Waals surface area (Å²) < 4.78 is 0. The number of carbonyl (C=O) groups is 1. The van der Waals surface area contributed by atoms with E-state index < -0.39 is 0 Å². The average molecular weight is 272 g/mol. The van der Waals surface area contributed by atoms with Crippen molar-refractivity contribution < 1.29 is 4.79 Å². The van der Waals surface area contributed by atoms with E-state index in [4.69, 9.17) is 5.73 Å². The van der Waals surface area contributed by atoms with Gasteiger partial charge in [-0.3, -0.25) is 4.79 Å². The molecule has 0 aliphatic heterocycles. The van der Waals surface area contributed by atoms with Crippen molar-refractivity contribution in [3.8, 4) is 0 Å². The highest BCUT2D eigenvalue weighted by Gasteiger charge is 2.22. The molecule has 0 heterocycles. The second kappa shape index (κ2) is 8.81. The van der Waals surface area contributed by atoms with Crippen LogP contribution in [0.3, 0.4) is 0 Å². The van der Waals surface area contributed by atoms with E-state index in [0.717, 1.165) is 37.5 Å². The molecule has 0 aromatic rings. The van der Waals surface area contributed by atoms with Crippen LogP contribution >= 0.6 is 11.8 Å². The third-order valence-corrected chi connectivity index (χ3v) is 4.94. The van der Waals surface area contributed by atoms with E-state index in [-0.39, 0.29) is 5.91 Å². The normalized spacial score (nSPS) is 25.7. The van der Waals surface area contributed by atoms with E-state index in [9.17, 15) is 4.79 Å². The van der Waals surface area contributed by atoms with Gasteiger partial charge in [0.15, 0.2) is 0 Å². The standard InChI is InChI=1S/C14H28N2OS/c1-11(8-9-15)6-7-14(17)16-12-4-3-5-13(10-12)18-2/h11-13H,3-10,15H2,1-2H3,(H,16,17). The van der Waals surface area contributed by atoms with Gasteiger partial charge in [-0.25, -0.2) is 0 Å². The number of rotatable bonds is 7. The van der Waals surface area contributed by atoms with Gasteiger partial charge in [0.05, 0.1) is 0 Å². The van der Waals surface area contributed by atoms with Crippen molar-refractivity contribution in [3.63, 3.8) is 0 Å². The fourth-order valence-corrected chi connectivity index (χ4v) is 3.42. The Morgan fingerprint density at radius 3 is 2.89 bits per heavy atom. The van der Waals surface area contributed by atoms with Crippen LogP contribution in [0.1, 0.15) is 51.9 Å². The molecule has 3 unspecified atom stereocenters. The molecule has 106 valence electrons. The smallest absolute Gasteiger partial charge is 0.220 e. The average Bonchev–Trinajstić information content (AvgIpc) is 2.37. The van der Waals surface area contributed by atoms with Gasteiger partial charge >= 0.3 is 0 Å². The Morgan fingerprint density at radius 1 is 1.44 bits per heavy atom. The molecule has 0 saturated heterocycles. The number of nitrogens with two attached hydrogens (primary N) is 1. The minimum atomic E-state index is 0.227. The van der Waals surface area contributed by atoms with Crippen LogP contribution in [0.4, 0.5) is 0 Å². The minimum absolute atomic E-state index is 0.227. The molecule has 1 aliphatic carbocycles. The van der Waals surface area contributed by atoms with Crippen molar-refractivity contribution in [2.45, 2.75) is 63.2 Å². The maximum Gasteiger partial charge on any atom is 0.220 e. The number of thioether (sulfide) groups is 1. The molecule has 0 bridgehead atoms. The topological polar surface area (TPSA) is 55.1 Å². The molecule has 18 heavy (non-hydrogen) atoms. The number of hydrogen-bond acceptors (Lipinski definition) is 3. The molecule has 4 heteroatoms. The summed E-state index contributed by atoms with van der Waals surface area (Å²) in [4.78, 5) is 11.9. The highest BCUT2D eigenvalue weighted by atomic mass is 32.2. The first-order valence-corrected chi connectivity index (χ1v) is 8.46. The first kappa shape index (κ1) is 15.8. The van der Waals surface area contributed by atoms with E-state index >= 15 is 0 Å². The Morgan fingerprint density at radius 2 is 2.22 bits per heavy atom. The summed E-state index contributed by atoms with van der Waals surface area (Å²) in [5.41, 5.74) is 5.51. The molecule has 0 radical (unpaired) electrons. The molecular formula is C14H28N2OS. The van der Waals surface area contributed by atoms with Crippen molar-refractivity contribution >= 4 is 17.7 Å². The molecule has 0 spiro atoms. The zero-order valence-corrected chi connectivity index (χ0v) is 12.6. The monoisotopic (exact) mass is 272 g/mol. The van der Waals surface area contributed by atoms with Crippen LogP contribution in [-0.2, 0) is 4.79 Å². The van der Waals surface area contributed by atoms with Crippen LogP contribution in [-0.4, -0.2) is 30.0 Å². The lowest BCUT2D eigenvalue weighted by Gasteiger charge is -2.28. The van der Waals surface area contributed by atoms with Gasteiger partial charge in [0.1, 0.15) is 0 Å². The van der Waals surface area contributed by atoms with Crippen LogP contribution < -0.4 is 11.1 Å². The Labute approximate surface area is 116 Å². The Balaban J connectivity index is 2.19. The predicted octanol–water partition coefficient (Wildman–Crippen LogP) is 2.54. The number of hydrogen-bond donors (Lipinski definition) is 2. The quantitative estimate of drug-likeness (QED) is 0.749. The van der Waals surface area contributed by atoms with Gasteiger partial charge in [-0.05, 0) is 50.8 Å². The molecule has 3 N–H and O–H groups in total. The van der Waals surface area contributed by atoms with Gasteiger partial charge in [-0.2, -0.15) is 11.8 Å². The van der Waals surface area contributed by atoms with Gasteiger partial charge in [-0.15, -0.1) is 0 Å². The minimum Gasteiger partial charge on any atom is -0.353 e. The molecule has 3 atom stereocenters. The maximum atomic E-state index is 11.9. The lowest BCUT2D eigenvalue weighted by molar-refractivity contribution is -0.122. The van der Waals surface area contributed by atoms with E-state index in [2.05, 4.69) is 18.5 Å². The largest absolute Gasteiger partial charge is 0.353 e. The zero-order chi connectivity index (χ0) is 13.4. The SMILES string of the molecule is CSC1CCCC(NC(=O)CCC(C)CCN)C1. The van der Waals surface area contributed by atoms with Crippen LogP contribution in [0.15, 0.2) is 0 Å². The Kier molecular flexibility index (Phi) is 7.75. The predicted molar refractivity (Wildman–Crippen MR) is 79.8 cm³/mol. The summed E-state index contributed by atoms with van der Waals surface area (Å²) in [5, 5.41) is 3.93. The van der Waals surface area contributed by atoms with E-state index in [0.29, 0.717) is 18.4 Å². The van der Waals surface area contributed by atoms with Crippen molar-refractivity contribution in [1.29, 1.82) is 0 Å². The van der Waals surface area contributed by atoms with Gasteiger partial charge in [0.25, 0.3) is 0 Å². The molecular weight excluding hydrogens is 244 g/mol. The second-order valence-electron chi connectivity index (χ2n) is 5.51. The lowest BCUT2D eigenvalue weighted by atomic mass is 9.94. The number of carbonyl (C=O) groups excluding carboxylic acids is 1. The van der Waals surface area contributed by atoms with Crippen molar-refractivity contribution in [1.82, 2.24) is 5.32 Å². The molecule has 1 fully saturated rings. The Hall–Kier alpha value is -0.220. The number of nitrogens with one attached hydrogen (secondary N) is 1. The highest BCUT2D eigenvalue weighted by Crippen LogP contribution is 2.26. The fraction of sp³-hybridized carbons (Fsp3) is 0.929.